The molecular weight excluding hydrogens is 479 g/mol. The highest BCUT2D eigenvalue weighted by atomic mass is 79.9. The second kappa shape index (κ2) is 8.59. The van der Waals surface area contributed by atoms with Crippen molar-refractivity contribution in [3.8, 4) is 0 Å². The molecule has 0 saturated carbocycles. The number of halogens is 4. The molecule has 2 aromatic carbocycles. The number of nitrogens with zero attached hydrogens (tertiary/aromatic N) is 2. The van der Waals surface area contributed by atoms with E-state index in [0.29, 0.717) is 38.2 Å². The largest absolute Gasteiger partial charge is 0.331 e. The summed E-state index contributed by atoms with van der Waals surface area (Å²) in [7, 11) is 0. The first kappa shape index (κ1) is 19.5. The Bertz CT molecular complexity index is 944. The van der Waals surface area contributed by atoms with Gasteiger partial charge in [0.2, 0.25) is 0 Å². The van der Waals surface area contributed by atoms with Crippen LogP contribution in [0.5, 0.6) is 0 Å². The Hall–Kier alpha value is -1.31. The first-order valence-corrected chi connectivity index (χ1v) is 9.74. The van der Waals surface area contributed by atoms with Crippen molar-refractivity contribution in [2.75, 3.05) is 10.6 Å². The van der Waals surface area contributed by atoms with E-state index in [4.69, 9.17) is 47.0 Å². The topological polar surface area (TPSA) is 41.9 Å². The monoisotopic (exact) mass is 488 g/mol. The molecule has 0 fully saturated rings. The number of hydrogen-bond donors (Lipinski definition) is 2. The summed E-state index contributed by atoms with van der Waals surface area (Å²) < 4.78 is 2.58. The first-order chi connectivity index (χ1) is 12.4. The van der Waals surface area contributed by atoms with E-state index in [1.165, 1.54) is 0 Å². The van der Waals surface area contributed by atoms with Gasteiger partial charge in [0.1, 0.15) is 0 Å². The Labute approximate surface area is 179 Å². The molecule has 134 valence electrons. The standard InChI is InChI=1S/C17H12BrCl3N4S/c18-13-9-25(8-10-1-3-11(19)4-2-10)24-16(13)23-17(26)22-15-7-12(20)5-6-14(15)21/h1-7,9H,8H2,(H2,22,23,24,26). The van der Waals surface area contributed by atoms with Crippen LogP contribution in [0.3, 0.4) is 0 Å². The van der Waals surface area contributed by atoms with Crippen LogP contribution in [0.25, 0.3) is 0 Å². The molecule has 0 unspecified atom stereocenters. The molecule has 4 nitrogen and oxygen atoms in total. The van der Waals surface area contributed by atoms with E-state index in [1.54, 1.807) is 22.9 Å². The molecule has 0 spiro atoms. The third-order valence-electron chi connectivity index (χ3n) is 3.38. The lowest BCUT2D eigenvalue weighted by Crippen LogP contribution is -2.20. The fourth-order valence-electron chi connectivity index (χ4n) is 2.19. The van der Waals surface area contributed by atoms with Crippen molar-refractivity contribution in [2.24, 2.45) is 0 Å². The third kappa shape index (κ3) is 5.11. The van der Waals surface area contributed by atoms with Gasteiger partial charge >= 0.3 is 0 Å². The van der Waals surface area contributed by atoms with Crippen molar-refractivity contribution < 1.29 is 0 Å². The van der Waals surface area contributed by atoms with Gasteiger partial charge in [-0.05, 0) is 64.0 Å². The fraction of sp³-hybridized carbons (Fsp3) is 0.0588. The molecule has 0 aliphatic rings. The first-order valence-electron chi connectivity index (χ1n) is 7.41. The second-order valence-corrected chi connectivity index (χ2v) is 7.90. The molecule has 2 N–H and O–H groups in total. The Morgan fingerprint density at radius 2 is 1.73 bits per heavy atom. The fourth-order valence-corrected chi connectivity index (χ4v) is 3.28. The molecule has 9 heteroatoms. The summed E-state index contributed by atoms with van der Waals surface area (Å²) in [6, 6.07) is 12.7. The minimum Gasteiger partial charge on any atom is -0.331 e. The van der Waals surface area contributed by atoms with Crippen LogP contribution in [0.2, 0.25) is 15.1 Å². The highest BCUT2D eigenvalue weighted by molar-refractivity contribution is 9.10. The highest BCUT2D eigenvalue weighted by Crippen LogP contribution is 2.26. The number of rotatable bonds is 4. The Kier molecular flexibility index (Phi) is 6.42. The van der Waals surface area contributed by atoms with Crippen LogP contribution in [0.1, 0.15) is 5.56 Å². The van der Waals surface area contributed by atoms with Crippen LogP contribution in [0.4, 0.5) is 11.5 Å². The maximum absolute atomic E-state index is 6.13. The highest BCUT2D eigenvalue weighted by Gasteiger charge is 2.10. The normalized spacial score (nSPS) is 10.6. The van der Waals surface area contributed by atoms with Gasteiger partial charge in [-0.1, -0.05) is 46.9 Å². The van der Waals surface area contributed by atoms with Crippen molar-refractivity contribution in [1.29, 1.82) is 0 Å². The molecule has 26 heavy (non-hydrogen) atoms. The lowest BCUT2D eigenvalue weighted by Gasteiger charge is -2.10. The molecule has 3 rings (SSSR count). The number of benzene rings is 2. The van der Waals surface area contributed by atoms with Gasteiger partial charge in [-0.3, -0.25) is 4.68 Å². The molecule has 0 aliphatic heterocycles. The summed E-state index contributed by atoms with van der Waals surface area (Å²) in [6.07, 6.45) is 1.87. The number of aromatic nitrogens is 2. The quantitative estimate of drug-likeness (QED) is 0.412. The Morgan fingerprint density at radius 3 is 2.46 bits per heavy atom. The third-order valence-corrected chi connectivity index (χ3v) is 4.98. The maximum Gasteiger partial charge on any atom is 0.176 e. The zero-order valence-corrected chi connectivity index (χ0v) is 17.8. The molecule has 0 bridgehead atoms. The van der Waals surface area contributed by atoms with E-state index in [0.717, 1.165) is 10.0 Å². The summed E-state index contributed by atoms with van der Waals surface area (Å²) in [5, 5.41) is 12.7. The van der Waals surface area contributed by atoms with Crippen LogP contribution in [0.15, 0.2) is 53.1 Å². The minimum atomic E-state index is 0.353. The zero-order valence-electron chi connectivity index (χ0n) is 13.1. The maximum atomic E-state index is 6.13. The van der Waals surface area contributed by atoms with Gasteiger partial charge in [0.25, 0.3) is 0 Å². The SMILES string of the molecule is S=C(Nc1cc(Cl)ccc1Cl)Nc1nn(Cc2ccc(Cl)cc2)cc1Br. The number of thiocarbonyl (C=S) groups is 1. The van der Waals surface area contributed by atoms with Gasteiger partial charge in [-0.2, -0.15) is 5.10 Å². The summed E-state index contributed by atoms with van der Waals surface area (Å²) in [6.45, 7) is 0.609. The summed E-state index contributed by atoms with van der Waals surface area (Å²) >= 11 is 26.8. The van der Waals surface area contributed by atoms with Crippen molar-refractivity contribution in [3.63, 3.8) is 0 Å². The van der Waals surface area contributed by atoms with Crippen LogP contribution in [-0.4, -0.2) is 14.9 Å². The van der Waals surface area contributed by atoms with E-state index in [9.17, 15) is 0 Å². The molecule has 0 radical (unpaired) electrons. The predicted octanol–water partition coefficient (Wildman–Crippen LogP) is 6.46. The van der Waals surface area contributed by atoms with E-state index in [1.807, 2.05) is 30.5 Å². The number of nitrogens with one attached hydrogen (secondary N) is 2. The van der Waals surface area contributed by atoms with E-state index < -0.39 is 0 Å². The molecule has 3 aromatic rings. The molecule has 1 aromatic heterocycles. The van der Waals surface area contributed by atoms with E-state index >= 15 is 0 Å². The van der Waals surface area contributed by atoms with Gasteiger partial charge in [-0.25, -0.2) is 0 Å². The lowest BCUT2D eigenvalue weighted by molar-refractivity contribution is 0.689. The summed E-state index contributed by atoms with van der Waals surface area (Å²) in [5.74, 6) is 0.592. The number of anilines is 2. The van der Waals surface area contributed by atoms with Crippen molar-refractivity contribution >= 4 is 79.6 Å². The Balaban J connectivity index is 1.68. The van der Waals surface area contributed by atoms with Crippen LogP contribution in [-0.2, 0) is 6.54 Å². The molecular formula is C17H12BrCl3N4S. The average Bonchev–Trinajstić information content (AvgIpc) is 2.92. The predicted molar refractivity (Wildman–Crippen MR) is 117 cm³/mol. The van der Waals surface area contributed by atoms with Crippen molar-refractivity contribution in [2.45, 2.75) is 6.54 Å². The van der Waals surface area contributed by atoms with Gasteiger partial charge in [0.05, 0.1) is 21.7 Å². The van der Waals surface area contributed by atoms with Crippen LogP contribution < -0.4 is 10.6 Å². The van der Waals surface area contributed by atoms with Crippen molar-refractivity contribution in [1.82, 2.24) is 9.78 Å². The average molecular weight is 491 g/mol. The van der Waals surface area contributed by atoms with Crippen LogP contribution in [0, 0.1) is 0 Å². The Morgan fingerprint density at radius 1 is 1.04 bits per heavy atom. The number of hydrogen-bond acceptors (Lipinski definition) is 2. The minimum absolute atomic E-state index is 0.353. The lowest BCUT2D eigenvalue weighted by atomic mass is 10.2. The molecule has 1 heterocycles. The summed E-state index contributed by atoms with van der Waals surface area (Å²) in [4.78, 5) is 0. The second-order valence-electron chi connectivity index (χ2n) is 5.35. The van der Waals surface area contributed by atoms with Crippen molar-refractivity contribution in [3.05, 3.63) is 73.8 Å². The summed E-state index contributed by atoms with van der Waals surface area (Å²) in [5.41, 5.74) is 1.70. The molecule has 0 amide bonds. The molecule has 0 saturated heterocycles. The van der Waals surface area contributed by atoms with Gasteiger partial charge in [-0.15, -0.1) is 0 Å². The molecule has 0 atom stereocenters. The smallest absolute Gasteiger partial charge is 0.176 e. The van der Waals surface area contributed by atoms with Gasteiger partial charge < -0.3 is 10.6 Å². The van der Waals surface area contributed by atoms with Gasteiger partial charge in [0, 0.05) is 16.2 Å². The van der Waals surface area contributed by atoms with Crippen LogP contribution >= 0.6 is 63.0 Å². The van der Waals surface area contributed by atoms with E-state index in [-0.39, 0.29) is 0 Å². The van der Waals surface area contributed by atoms with Gasteiger partial charge in [0.15, 0.2) is 10.9 Å². The van der Waals surface area contributed by atoms with E-state index in [2.05, 4.69) is 31.7 Å². The zero-order chi connectivity index (χ0) is 18.7. The molecule has 0 aliphatic carbocycles.